The van der Waals surface area contributed by atoms with Gasteiger partial charge < -0.3 is 16.0 Å². The number of carbonyl (C=O) groups excluding carboxylic acids is 2. The molecule has 1 atom stereocenters. The Labute approximate surface area is 165 Å². The number of hydrogen-bond acceptors (Lipinski definition) is 3. The fourth-order valence-corrected chi connectivity index (χ4v) is 2.79. The van der Waals surface area contributed by atoms with Gasteiger partial charge in [-0.25, -0.2) is 0 Å². The zero-order chi connectivity index (χ0) is 19.8. The van der Waals surface area contributed by atoms with Gasteiger partial charge in [-0.3, -0.25) is 9.59 Å². The van der Waals surface area contributed by atoms with Crippen molar-refractivity contribution in [2.45, 2.75) is 33.2 Å². The van der Waals surface area contributed by atoms with Crippen LogP contribution in [0.15, 0.2) is 54.6 Å². The molecule has 27 heavy (non-hydrogen) atoms. The number of nitrogens with one attached hydrogen (secondary N) is 3. The standard InChI is InChI=1S/C21H25N3O2S/c1-14(2)12-19(25)24-21(27)23-18-11-7-10-17(13-18)20(26)22-15(3)16-8-5-4-6-9-16/h4-11,13-15H,12H2,1-3H3,(H,22,26)(H2,23,24,25,27). The molecule has 3 N–H and O–H groups in total. The van der Waals surface area contributed by atoms with Gasteiger partial charge in [-0.2, -0.15) is 0 Å². The van der Waals surface area contributed by atoms with Gasteiger partial charge in [0.1, 0.15) is 0 Å². The summed E-state index contributed by atoms with van der Waals surface area (Å²) in [5.74, 6) is -0.0516. The zero-order valence-electron chi connectivity index (χ0n) is 15.8. The van der Waals surface area contributed by atoms with Crippen molar-refractivity contribution in [2.75, 3.05) is 5.32 Å². The summed E-state index contributed by atoms with van der Waals surface area (Å²) in [6, 6.07) is 16.7. The van der Waals surface area contributed by atoms with Crippen LogP contribution < -0.4 is 16.0 Å². The normalized spacial score (nSPS) is 11.6. The summed E-state index contributed by atoms with van der Waals surface area (Å²) in [5, 5.41) is 8.78. The summed E-state index contributed by atoms with van der Waals surface area (Å²) in [5.41, 5.74) is 2.19. The van der Waals surface area contributed by atoms with Crippen LogP contribution in [0.1, 0.15) is 49.2 Å². The minimum absolute atomic E-state index is 0.105. The van der Waals surface area contributed by atoms with Crippen LogP contribution in [0.2, 0.25) is 0 Å². The van der Waals surface area contributed by atoms with Crippen LogP contribution in [0, 0.1) is 5.92 Å². The van der Waals surface area contributed by atoms with Crippen LogP contribution in [-0.2, 0) is 4.79 Å². The van der Waals surface area contributed by atoms with E-state index in [1.807, 2.05) is 51.1 Å². The number of hydrogen-bond donors (Lipinski definition) is 3. The van der Waals surface area contributed by atoms with E-state index in [0.717, 1.165) is 5.56 Å². The maximum absolute atomic E-state index is 12.5. The lowest BCUT2D eigenvalue weighted by molar-refractivity contribution is -0.120. The Morgan fingerprint density at radius 3 is 2.37 bits per heavy atom. The lowest BCUT2D eigenvalue weighted by Crippen LogP contribution is -2.34. The lowest BCUT2D eigenvalue weighted by atomic mass is 10.1. The monoisotopic (exact) mass is 383 g/mol. The predicted octanol–water partition coefficient (Wildman–Crippen LogP) is 4.04. The van der Waals surface area contributed by atoms with Crippen LogP contribution in [-0.4, -0.2) is 16.9 Å². The van der Waals surface area contributed by atoms with Gasteiger partial charge in [0.25, 0.3) is 5.91 Å². The number of anilines is 1. The molecule has 2 rings (SSSR count). The molecule has 2 aromatic carbocycles. The average molecular weight is 384 g/mol. The van der Waals surface area contributed by atoms with Crippen molar-refractivity contribution in [2.24, 2.45) is 5.92 Å². The van der Waals surface area contributed by atoms with E-state index in [1.54, 1.807) is 24.3 Å². The summed E-state index contributed by atoms with van der Waals surface area (Å²) < 4.78 is 0. The third-order valence-electron chi connectivity index (χ3n) is 3.88. The molecule has 0 aliphatic carbocycles. The van der Waals surface area contributed by atoms with Crippen molar-refractivity contribution in [1.29, 1.82) is 0 Å². The molecule has 0 aliphatic heterocycles. The number of benzene rings is 2. The van der Waals surface area contributed by atoms with Crippen LogP contribution in [0.25, 0.3) is 0 Å². The minimum atomic E-state index is -0.176. The Balaban J connectivity index is 1.97. The molecular weight excluding hydrogens is 358 g/mol. The van der Waals surface area contributed by atoms with Crippen LogP contribution >= 0.6 is 12.2 Å². The fraction of sp³-hybridized carbons (Fsp3) is 0.286. The second-order valence-corrected chi connectivity index (χ2v) is 7.20. The van der Waals surface area contributed by atoms with Crippen molar-refractivity contribution >= 4 is 34.8 Å². The molecule has 5 nitrogen and oxygen atoms in total. The average Bonchev–Trinajstić information content (AvgIpc) is 2.61. The molecule has 2 amide bonds. The fourth-order valence-electron chi connectivity index (χ4n) is 2.55. The maximum atomic E-state index is 12.5. The molecule has 6 heteroatoms. The minimum Gasteiger partial charge on any atom is -0.346 e. The van der Waals surface area contributed by atoms with Crippen molar-refractivity contribution in [3.63, 3.8) is 0 Å². The molecule has 0 saturated heterocycles. The second kappa shape index (κ2) is 9.83. The number of carbonyl (C=O) groups is 2. The smallest absolute Gasteiger partial charge is 0.251 e. The van der Waals surface area contributed by atoms with E-state index in [2.05, 4.69) is 16.0 Å². The third-order valence-corrected chi connectivity index (χ3v) is 4.08. The molecule has 1 unspecified atom stereocenters. The van der Waals surface area contributed by atoms with E-state index in [9.17, 15) is 9.59 Å². The van der Waals surface area contributed by atoms with Gasteiger partial charge in [0.2, 0.25) is 5.91 Å². The first-order chi connectivity index (χ1) is 12.8. The quantitative estimate of drug-likeness (QED) is 0.659. The number of thiocarbonyl (C=S) groups is 1. The molecule has 0 radical (unpaired) electrons. The molecule has 0 heterocycles. The van der Waals surface area contributed by atoms with Crippen LogP contribution in [0.4, 0.5) is 5.69 Å². The first-order valence-corrected chi connectivity index (χ1v) is 9.32. The largest absolute Gasteiger partial charge is 0.346 e. The summed E-state index contributed by atoms with van der Waals surface area (Å²) in [4.78, 5) is 24.3. The lowest BCUT2D eigenvalue weighted by Gasteiger charge is -2.15. The van der Waals surface area contributed by atoms with E-state index in [1.165, 1.54) is 0 Å². The summed E-state index contributed by atoms with van der Waals surface area (Å²) in [6.45, 7) is 5.87. The highest BCUT2D eigenvalue weighted by Gasteiger charge is 2.12. The second-order valence-electron chi connectivity index (χ2n) is 6.79. The van der Waals surface area contributed by atoms with Crippen molar-refractivity contribution in [1.82, 2.24) is 10.6 Å². The summed E-state index contributed by atoms with van der Waals surface area (Å²) in [6.07, 6.45) is 0.404. The first kappa shape index (κ1) is 20.6. The molecular formula is C21H25N3O2S. The van der Waals surface area contributed by atoms with E-state index >= 15 is 0 Å². The van der Waals surface area contributed by atoms with Crippen molar-refractivity contribution in [3.8, 4) is 0 Å². The first-order valence-electron chi connectivity index (χ1n) is 8.92. The summed E-state index contributed by atoms with van der Waals surface area (Å²) >= 11 is 5.16. The molecule has 0 fully saturated rings. The molecule has 2 aromatic rings. The molecule has 142 valence electrons. The van der Waals surface area contributed by atoms with Crippen LogP contribution in [0.5, 0.6) is 0 Å². The highest BCUT2D eigenvalue weighted by molar-refractivity contribution is 7.80. The topological polar surface area (TPSA) is 70.2 Å². The van der Waals surface area contributed by atoms with E-state index in [4.69, 9.17) is 12.2 Å². The molecule has 0 spiro atoms. The molecule has 0 aromatic heterocycles. The Kier molecular flexibility index (Phi) is 7.49. The highest BCUT2D eigenvalue weighted by Crippen LogP contribution is 2.15. The van der Waals surface area contributed by atoms with Gasteiger partial charge in [-0.15, -0.1) is 0 Å². The van der Waals surface area contributed by atoms with Gasteiger partial charge in [-0.1, -0.05) is 50.2 Å². The molecule has 0 saturated carbocycles. The third kappa shape index (κ3) is 6.83. The van der Waals surface area contributed by atoms with E-state index < -0.39 is 0 Å². The van der Waals surface area contributed by atoms with Crippen molar-refractivity contribution < 1.29 is 9.59 Å². The number of amides is 2. The summed E-state index contributed by atoms with van der Waals surface area (Å²) in [7, 11) is 0. The maximum Gasteiger partial charge on any atom is 0.251 e. The van der Waals surface area contributed by atoms with Gasteiger partial charge >= 0.3 is 0 Å². The van der Waals surface area contributed by atoms with Gasteiger partial charge in [0, 0.05) is 17.7 Å². The SMILES string of the molecule is CC(C)CC(=O)NC(=S)Nc1cccc(C(=O)NC(C)c2ccccc2)c1. The van der Waals surface area contributed by atoms with E-state index in [-0.39, 0.29) is 28.9 Å². The Hall–Kier alpha value is -2.73. The predicted molar refractivity (Wildman–Crippen MR) is 113 cm³/mol. The van der Waals surface area contributed by atoms with Crippen LogP contribution in [0.3, 0.4) is 0 Å². The highest BCUT2D eigenvalue weighted by atomic mass is 32.1. The Morgan fingerprint density at radius 1 is 1.00 bits per heavy atom. The Bertz CT molecular complexity index is 806. The van der Waals surface area contributed by atoms with E-state index in [0.29, 0.717) is 17.7 Å². The number of rotatable bonds is 6. The molecule has 0 aliphatic rings. The van der Waals surface area contributed by atoms with Gasteiger partial charge in [0.15, 0.2) is 5.11 Å². The Morgan fingerprint density at radius 2 is 1.70 bits per heavy atom. The van der Waals surface area contributed by atoms with Gasteiger partial charge in [-0.05, 0) is 48.8 Å². The van der Waals surface area contributed by atoms with Crippen molar-refractivity contribution in [3.05, 3.63) is 65.7 Å². The van der Waals surface area contributed by atoms with Gasteiger partial charge in [0.05, 0.1) is 6.04 Å². The zero-order valence-corrected chi connectivity index (χ0v) is 16.6. The molecule has 0 bridgehead atoms.